The Balaban J connectivity index is 1.66. The third-order valence-electron chi connectivity index (χ3n) is 3.84. The Kier molecular flexibility index (Phi) is 4.26. The fraction of sp³-hybridized carbons (Fsp3) is 0.111. The highest BCUT2D eigenvalue weighted by molar-refractivity contribution is 7.98. The summed E-state index contributed by atoms with van der Waals surface area (Å²) < 4.78 is 20.2. The van der Waals surface area contributed by atoms with Crippen LogP contribution in [0.3, 0.4) is 0 Å². The minimum atomic E-state index is -0.400. The van der Waals surface area contributed by atoms with Gasteiger partial charge in [0.05, 0.1) is 5.69 Å². The van der Waals surface area contributed by atoms with Gasteiger partial charge in [-0.2, -0.15) is 4.68 Å². The molecule has 0 aliphatic rings. The van der Waals surface area contributed by atoms with Crippen LogP contribution in [0.25, 0.3) is 16.7 Å². The number of halogens is 1. The molecular formula is C18H13FN4O2S. The van der Waals surface area contributed by atoms with Crippen molar-refractivity contribution in [1.82, 2.24) is 20.2 Å². The van der Waals surface area contributed by atoms with Crippen LogP contribution in [0.4, 0.5) is 4.39 Å². The SMILES string of the molecule is Cc1ccc2c(CSc3nnnn3-c3cccc(F)c3)cc(=O)oc2c1. The number of fused-ring (bicyclic) bond motifs is 1. The van der Waals surface area contributed by atoms with Crippen LogP contribution < -0.4 is 5.63 Å². The smallest absolute Gasteiger partial charge is 0.336 e. The first-order valence-electron chi connectivity index (χ1n) is 7.81. The van der Waals surface area contributed by atoms with Crippen LogP contribution in [-0.2, 0) is 5.75 Å². The van der Waals surface area contributed by atoms with Crippen LogP contribution in [0.5, 0.6) is 0 Å². The lowest BCUT2D eigenvalue weighted by Gasteiger charge is -2.07. The summed E-state index contributed by atoms with van der Waals surface area (Å²) in [5.41, 5.74) is 2.53. The van der Waals surface area contributed by atoms with Crippen LogP contribution in [0.2, 0.25) is 0 Å². The monoisotopic (exact) mass is 368 g/mol. The van der Waals surface area contributed by atoms with Crippen molar-refractivity contribution in [3.05, 3.63) is 75.9 Å². The van der Waals surface area contributed by atoms with Gasteiger partial charge in [0, 0.05) is 17.2 Å². The van der Waals surface area contributed by atoms with Crippen molar-refractivity contribution in [3.8, 4) is 5.69 Å². The molecule has 0 atom stereocenters. The number of rotatable bonds is 4. The van der Waals surface area contributed by atoms with E-state index in [1.165, 1.54) is 34.6 Å². The highest BCUT2D eigenvalue weighted by atomic mass is 32.2. The lowest BCUT2D eigenvalue weighted by Crippen LogP contribution is -2.02. The third kappa shape index (κ3) is 3.23. The number of benzene rings is 2. The van der Waals surface area contributed by atoms with Crippen molar-refractivity contribution in [2.45, 2.75) is 17.8 Å². The maximum Gasteiger partial charge on any atom is 0.336 e. The largest absolute Gasteiger partial charge is 0.423 e. The summed E-state index contributed by atoms with van der Waals surface area (Å²) in [4.78, 5) is 11.8. The Morgan fingerprint density at radius 2 is 2.08 bits per heavy atom. The second-order valence-electron chi connectivity index (χ2n) is 5.73. The molecule has 6 nitrogen and oxygen atoms in total. The minimum Gasteiger partial charge on any atom is -0.423 e. The van der Waals surface area contributed by atoms with Crippen molar-refractivity contribution in [2.75, 3.05) is 0 Å². The van der Waals surface area contributed by atoms with Crippen molar-refractivity contribution < 1.29 is 8.81 Å². The maximum atomic E-state index is 13.5. The van der Waals surface area contributed by atoms with Gasteiger partial charge in [0.2, 0.25) is 5.16 Å². The van der Waals surface area contributed by atoms with Crippen LogP contribution >= 0.6 is 11.8 Å². The first-order chi connectivity index (χ1) is 12.6. The molecule has 0 spiro atoms. The number of aromatic nitrogens is 4. The van der Waals surface area contributed by atoms with Gasteiger partial charge in [0.1, 0.15) is 11.4 Å². The van der Waals surface area contributed by atoms with Gasteiger partial charge in [-0.05, 0) is 52.7 Å². The number of aryl methyl sites for hydroxylation is 1. The van der Waals surface area contributed by atoms with E-state index in [0.29, 0.717) is 22.2 Å². The van der Waals surface area contributed by atoms with Gasteiger partial charge in [-0.25, -0.2) is 9.18 Å². The fourth-order valence-electron chi connectivity index (χ4n) is 2.64. The van der Waals surface area contributed by atoms with Crippen LogP contribution in [0.15, 0.2) is 62.9 Å². The van der Waals surface area contributed by atoms with Gasteiger partial charge in [-0.1, -0.05) is 30.0 Å². The lowest BCUT2D eigenvalue weighted by atomic mass is 10.1. The van der Waals surface area contributed by atoms with Crippen LogP contribution in [0.1, 0.15) is 11.1 Å². The number of nitrogens with zero attached hydrogens (tertiary/aromatic N) is 4. The predicted octanol–water partition coefficient (Wildman–Crippen LogP) is 3.51. The van der Waals surface area contributed by atoms with Crippen LogP contribution in [0, 0.1) is 12.7 Å². The normalized spacial score (nSPS) is 11.2. The molecule has 26 heavy (non-hydrogen) atoms. The van der Waals surface area contributed by atoms with E-state index in [1.807, 2.05) is 25.1 Å². The molecule has 0 aliphatic carbocycles. The van der Waals surface area contributed by atoms with E-state index >= 15 is 0 Å². The highest BCUT2D eigenvalue weighted by Crippen LogP contribution is 2.26. The zero-order valence-electron chi connectivity index (χ0n) is 13.7. The molecular weight excluding hydrogens is 355 g/mol. The van der Waals surface area contributed by atoms with Crippen molar-refractivity contribution >= 4 is 22.7 Å². The number of tetrazole rings is 1. The average molecular weight is 368 g/mol. The Labute approximate surface area is 151 Å². The Morgan fingerprint density at radius 3 is 2.92 bits per heavy atom. The Morgan fingerprint density at radius 1 is 1.19 bits per heavy atom. The van der Waals surface area contributed by atoms with Gasteiger partial charge >= 0.3 is 5.63 Å². The van der Waals surface area contributed by atoms with Gasteiger partial charge < -0.3 is 4.42 Å². The summed E-state index contributed by atoms with van der Waals surface area (Å²) in [5.74, 6) is 0.108. The first kappa shape index (κ1) is 16.5. The van der Waals surface area contributed by atoms with E-state index in [1.54, 1.807) is 12.1 Å². The molecule has 0 bridgehead atoms. The standard InChI is InChI=1S/C18H13FN4O2S/c1-11-5-6-15-12(8-17(24)25-16(15)7-11)10-26-18-20-21-22-23(18)14-4-2-3-13(19)9-14/h2-9H,10H2,1H3. The number of hydrogen-bond acceptors (Lipinski definition) is 6. The molecule has 2 aromatic carbocycles. The molecule has 0 amide bonds. The van der Waals surface area contributed by atoms with Gasteiger partial charge in [0.25, 0.3) is 0 Å². The molecule has 0 N–H and O–H groups in total. The van der Waals surface area contributed by atoms with E-state index in [-0.39, 0.29) is 5.82 Å². The molecule has 0 saturated heterocycles. The molecule has 2 aromatic heterocycles. The summed E-state index contributed by atoms with van der Waals surface area (Å²) in [7, 11) is 0. The summed E-state index contributed by atoms with van der Waals surface area (Å²) in [6.07, 6.45) is 0. The summed E-state index contributed by atoms with van der Waals surface area (Å²) in [5, 5.41) is 13.0. The molecule has 0 radical (unpaired) electrons. The second-order valence-corrected chi connectivity index (χ2v) is 6.67. The second kappa shape index (κ2) is 6.72. The molecule has 0 aliphatic heterocycles. The number of thioether (sulfide) groups is 1. The minimum absolute atomic E-state index is 0.365. The summed E-state index contributed by atoms with van der Waals surface area (Å²) in [6, 6.07) is 13.2. The third-order valence-corrected chi connectivity index (χ3v) is 4.80. The topological polar surface area (TPSA) is 73.8 Å². The van der Waals surface area contributed by atoms with E-state index in [4.69, 9.17) is 4.42 Å². The zero-order valence-corrected chi connectivity index (χ0v) is 14.5. The molecule has 130 valence electrons. The zero-order chi connectivity index (χ0) is 18.1. The van der Waals surface area contributed by atoms with E-state index in [0.717, 1.165) is 16.5 Å². The van der Waals surface area contributed by atoms with Gasteiger partial charge in [0.15, 0.2) is 0 Å². The molecule has 8 heteroatoms. The first-order valence-corrected chi connectivity index (χ1v) is 8.79. The van der Waals surface area contributed by atoms with E-state index in [9.17, 15) is 9.18 Å². The quantitative estimate of drug-likeness (QED) is 0.405. The maximum absolute atomic E-state index is 13.5. The van der Waals surface area contributed by atoms with Crippen LogP contribution in [-0.4, -0.2) is 20.2 Å². The highest BCUT2D eigenvalue weighted by Gasteiger charge is 2.12. The molecule has 4 aromatic rings. The van der Waals surface area contributed by atoms with Gasteiger partial charge in [-0.15, -0.1) is 5.10 Å². The number of hydrogen-bond donors (Lipinski definition) is 0. The molecule has 4 rings (SSSR count). The Hall–Kier alpha value is -3.00. The average Bonchev–Trinajstić information content (AvgIpc) is 3.07. The Bertz CT molecular complexity index is 1160. The van der Waals surface area contributed by atoms with Crippen molar-refractivity contribution in [2.24, 2.45) is 0 Å². The lowest BCUT2D eigenvalue weighted by molar-refractivity contribution is 0.559. The predicted molar refractivity (Wildman–Crippen MR) is 95.9 cm³/mol. The molecule has 2 heterocycles. The molecule has 0 saturated carbocycles. The van der Waals surface area contributed by atoms with Crippen molar-refractivity contribution in [1.29, 1.82) is 0 Å². The van der Waals surface area contributed by atoms with E-state index < -0.39 is 5.63 Å². The summed E-state index contributed by atoms with van der Waals surface area (Å²) >= 11 is 1.36. The van der Waals surface area contributed by atoms with Crippen molar-refractivity contribution in [3.63, 3.8) is 0 Å². The van der Waals surface area contributed by atoms with Gasteiger partial charge in [-0.3, -0.25) is 0 Å². The van der Waals surface area contributed by atoms with E-state index in [2.05, 4.69) is 15.5 Å². The molecule has 0 fully saturated rings. The summed E-state index contributed by atoms with van der Waals surface area (Å²) in [6.45, 7) is 1.94. The fourth-order valence-corrected chi connectivity index (χ4v) is 3.52. The molecule has 0 unspecified atom stereocenters.